The van der Waals surface area contributed by atoms with Crippen molar-refractivity contribution in [2.45, 2.75) is 19.4 Å². The first-order chi connectivity index (χ1) is 11.2. The molecule has 6 nitrogen and oxygen atoms in total. The number of imidazole rings is 1. The van der Waals surface area contributed by atoms with Crippen molar-refractivity contribution in [2.75, 3.05) is 33.3 Å². The van der Waals surface area contributed by atoms with Gasteiger partial charge in [0, 0.05) is 38.2 Å². The third kappa shape index (κ3) is 3.03. The fraction of sp³-hybridized carbons (Fsp3) is 0.529. The van der Waals surface area contributed by atoms with Crippen LogP contribution >= 0.6 is 0 Å². The molecule has 1 saturated heterocycles. The zero-order chi connectivity index (χ0) is 15.8. The van der Waals surface area contributed by atoms with E-state index in [0.29, 0.717) is 11.8 Å². The summed E-state index contributed by atoms with van der Waals surface area (Å²) >= 11 is 0. The first-order valence-electron chi connectivity index (χ1n) is 8.27. The van der Waals surface area contributed by atoms with Crippen molar-refractivity contribution in [1.82, 2.24) is 19.8 Å². The molecule has 1 aromatic carbocycles. The van der Waals surface area contributed by atoms with E-state index in [1.54, 1.807) is 7.11 Å². The van der Waals surface area contributed by atoms with Gasteiger partial charge in [-0.2, -0.15) is 0 Å². The van der Waals surface area contributed by atoms with Gasteiger partial charge in [0.05, 0.1) is 24.7 Å². The van der Waals surface area contributed by atoms with Crippen LogP contribution < -0.4 is 4.74 Å². The number of nitrogens with one attached hydrogen (secondary N) is 1. The number of carbonyl (C=O) groups is 1. The molecule has 0 unspecified atom stereocenters. The maximum atomic E-state index is 12.1. The number of benzene rings is 1. The van der Waals surface area contributed by atoms with E-state index in [1.807, 2.05) is 23.1 Å². The topological polar surface area (TPSA) is 61.5 Å². The second kappa shape index (κ2) is 5.85. The van der Waals surface area contributed by atoms with Crippen LogP contribution in [0.25, 0.3) is 11.0 Å². The van der Waals surface area contributed by atoms with Crippen LogP contribution in [0.1, 0.15) is 18.7 Å². The number of carbonyl (C=O) groups excluding carboxylic acids is 1. The van der Waals surface area contributed by atoms with Gasteiger partial charge in [0.2, 0.25) is 5.91 Å². The molecule has 0 radical (unpaired) electrons. The normalized spacial score (nSPS) is 19.3. The van der Waals surface area contributed by atoms with Crippen LogP contribution in [0, 0.1) is 5.92 Å². The second-order valence-electron chi connectivity index (χ2n) is 6.44. The highest BCUT2D eigenvalue weighted by atomic mass is 16.5. The Morgan fingerprint density at radius 1 is 1.30 bits per heavy atom. The van der Waals surface area contributed by atoms with E-state index in [4.69, 9.17) is 4.74 Å². The van der Waals surface area contributed by atoms with E-state index >= 15 is 0 Å². The number of aromatic amines is 1. The number of hydrogen-bond acceptors (Lipinski definition) is 4. The highest BCUT2D eigenvalue weighted by Gasteiger charge is 2.34. The summed E-state index contributed by atoms with van der Waals surface area (Å²) in [4.78, 5) is 24.5. The molecule has 2 heterocycles. The van der Waals surface area contributed by atoms with Crippen molar-refractivity contribution in [3.8, 4) is 5.75 Å². The van der Waals surface area contributed by atoms with Gasteiger partial charge in [0.1, 0.15) is 11.6 Å². The number of hydrogen-bond donors (Lipinski definition) is 1. The molecule has 2 fully saturated rings. The summed E-state index contributed by atoms with van der Waals surface area (Å²) in [7, 11) is 1.67. The number of ether oxygens (including phenoxy) is 1. The summed E-state index contributed by atoms with van der Waals surface area (Å²) in [6.45, 7) is 4.30. The average molecular weight is 314 g/mol. The van der Waals surface area contributed by atoms with Gasteiger partial charge in [-0.15, -0.1) is 0 Å². The van der Waals surface area contributed by atoms with Gasteiger partial charge in [0.25, 0.3) is 0 Å². The summed E-state index contributed by atoms with van der Waals surface area (Å²) in [5, 5.41) is 0. The number of H-pyrrole nitrogens is 1. The zero-order valence-electron chi connectivity index (χ0n) is 13.4. The van der Waals surface area contributed by atoms with Crippen molar-refractivity contribution in [3.05, 3.63) is 24.0 Å². The van der Waals surface area contributed by atoms with Gasteiger partial charge in [-0.3, -0.25) is 9.69 Å². The molecule has 0 spiro atoms. The zero-order valence-corrected chi connectivity index (χ0v) is 13.4. The average Bonchev–Trinajstić information content (AvgIpc) is 3.35. The van der Waals surface area contributed by atoms with Crippen LogP contribution in [0.5, 0.6) is 5.75 Å². The summed E-state index contributed by atoms with van der Waals surface area (Å²) in [5.41, 5.74) is 1.96. The second-order valence-corrected chi connectivity index (χ2v) is 6.44. The molecule has 1 aliphatic carbocycles. The predicted molar refractivity (Wildman–Crippen MR) is 87.2 cm³/mol. The highest BCUT2D eigenvalue weighted by molar-refractivity contribution is 5.81. The molecule has 4 rings (SSSR count). The molecule has 23 heavy (non-hydrogen) atoms. The van der Waals surface area contributed by atoms with Gasteiger partial charge >= 0.3 is 0 Å². The van der Waals surface area contributed by atoms with Crippen molar-refractivity contribution in [2.24, 2.45) is 5.92 Å². The maximum Gasteiger partial charge on any atom is 0.225 e. The summed E-state index contributed by atoms with van der Waals surface area (Å²) in [6.07, 6.45) is 2.17. The fourth-order valence-electron chi connectivity index (χ4n) is 3.17. The Labute approximate surface area is 135 Å². The minimum absolute atomic E-state index is 0.326. The van der Waals surface area contributed by atoms with Gasteiger partial charge < -0.3 is 14.6 Å². The number of methoxy groups -OCH3 is 1. The van der Waals surface area contributed by atoms with Gasteiger partial charge in [-0.05, 0) is 25.0 Å². The van der Waals surface area contributed by atoms with Crippen LogP contribution in [-0.2, 0) is 11.3 Å². The van der Waals surface area contributed by atoms with E-state index in [2.05, 4.69) is 14.9 Å². The predicted octanol–water partition coefficient (Wildman–Crippen LogP) is 1.63. The number of piperazine rings is 1. The minimum atomic E-state index is 0.326. The Bertz CT molecular complexity index is 714. The molecular formula is C17H22N4O2. The Balaban J connectivity index is 1.38. The summed E-state index contributed by atoms with van der Waals surface area (Å²) in [5.74, 6) is 2.49. The third-order valence-corrected chi connectivity index (χ3v) is 4.72. The molecule has 2 aliphatic rings. The lowest BCUT2D eigenvalue weighted by atomic mass is 10.2. The molecule has 1 N–H and O–H groups in total. The van der Waals surface area contributed by atoms with E-state index in [0.717, 1.165) is 68.2 Å². The van der Waals surface area contributed by atoms with Crippen LogP contribution in [0.2, 0.25) is 0 Å². The molecule has 0 bridgehead atoms. The van der Waals surface area contributed by atoms with Crippen LogP contribution in [0.3, 0.4) is 0 Å². The van der Waals surface area contributed by atoms with E-state index in [-0.39, 0.29) is 0 Å². The monoisotopic (exact) mass is 314 g/mol. The molecule has 2 aromatic rings. The van der Waals surface area contributed by atoms with E-state index in [1.165, 1.54) is 0 Å². The molecule has 1 saturated carbocycles. The Kier molecular flexibility index (Phi) is 3.69. The van der Waals surface area contributed by atoms with Crippen LogP contribution in [0.15, 0.2) is 18.2 Å². The summed E-state index contributed by atoms with van der Waals surface area (Å²) in [6, 6.07) is 5.87. The lowest BCUT2D eigenvalue weighted by Crippen LogP contribution is -2.48. The largest absolute Gasteiger partial charge is 0.497 e. The Morgan fingerprint density at radius 3 is 2.78 bits per heavy atom. The smallest absolute Gasteiger partial charge is 0.225 e. The van der Waals surface area contributed by atoms with Gasteiger partial charge in [0.15, 0.2) is 0 Å². The highest BCUT2D eigenvalue weighted by Crippen LogP contribution is 2.31. The first-order valence-corrected chi connectivity index (χ1v) is 8.27. The standard InChI is InChI=1S/C17H22N4O2/c1-23-13-4-5-14-15(10-13)19-16(18-14)11-20-6-8-21(9-7-20)17(22)12-2-3-12/h4-5,10,12H,2-3,6-9,11H2,1H3,(H,18,19). The van der Waals surface area contributed by atoms with Gasteiger partial charge in [-0.25, -0.2) is 4.98 Å². The SMILES string of the molecule is COc1ccc2nc(CN3CCN(C(=O)C4CC4)CC3)[nH]c2c1. The molecule has 122 valence electrons. The third-order valence-electron chi connectivity index (χ3n) is 4.72. The van der Waals surface area contributed by atoms with Gasteiger partial charge in [-0.1, -0.05) is 0 Å². The minimum Gasteiger partial charge on any atom is -0.497 e. The molecule has 1 aliphatic heterocycles. The number of rotatable bonds is 4. The fourth-order valence-corrected chi connectivity index (χ4v) is 3.17. The van der Waals surface area contributed by atoms with Crippen LogP contribution in [-0.4, -0.2) is 59.0 Å². The lowest BCUT2D eigenvalue weighted by molar-refractivity contribution is -0.134. The Hall–Kier alpha value is -2.08. The number of aromatic nitrogens is 2. The van der Waals surface area contributed by atoms with Crippen LogP contribution in [0.4, 0.5) is 0 Å². The molecule has 1 aromatic heterocycles. The van der Waals surface area contributed by atoms with Crippen molar-refractivity contribution >= 4 is 16.9 Å². The molecule has 0 atom stereocenters. The lowest BCUT2D eigenvalue weighted by Gasteiger charge is -2.34. The van der Waals surface area contributed by atoms with Crippen molar-refractivity contribution in [3.63, 3.8) is 0 Å². The first kappa shape index (κ1) is 14.5. The molecule has 1 amide bonds. The van der Waals surface area contributed by atoms with E-state index < -0.39 is 0 Å². The summed E-state index contributed by atoms with van der Waals surface area (Å²) < 4.78 is 5.24. The molecular weight excluding hydrogens is 292 g/mol. The molecule has 6 heteroatoms. The van der Waals surface area contributed by atoms with Crippen molar-refractivity contribution in [1.29, 1.82) is 0 Å². The quantitative estimate of drug-likeness (QED) is 0.932. The van der Waals surface area contributed by atoms with E-state index in [9.17, 15) is 4.79 Å². The van der Waals surface area contributed by atoms with Crippen molar-refractivity contribution < 1.29 is 9.53 Å². The number of amides is 1. The maximum absolute atomic E-state index is 12.1. The Morgan fingerprint density at radius 2 is 2.09 bits per heavy atom. The number of fused-ring (bicyclic) bond motifs is 1. The number of nitrogens with zero attached hydrogens (tertiary/aromatic N) is 3.